The predicted octanol–water partition coefficient (Wildman–Crippen LogP) is -0.111. The van der Waals surface area contributed by atoms with E-state index in [1.165, 1.54) is 0 Å². The van der Waals surface area contributed by atoms with Crippen LogP contribution in [-0.2, 0) is 23.9 Å². The Morgan fingerprint density at radius 1 is 1.27 bits per heavy atom. The van der Waals surface area contributed by atoms with Gasteiger partial charge in [0, 0.05) is 13.1 Å². The Morgan fingerprint density at radius 3 is 2.69 bits per heavy atom. The number of urea groups is 1. The first kappa shape index (κ1) is 18.6. The number of morpholine rings is 1. The van der Waals surface area contributed by atoms with Crippen molar-refractivity contribution in [2.45, 2.75) is 38.1 Å². The summed E-state index contributed by atoms with van der Waals surface area (Å²) in [6, 6.07) is -0.569. The first-order valence-electron chi connectivity index (χ1n) is 9.09. The molecule has 9 heteroatoms. The molecule has 3 aliphatic rings. The van der Waals surface area contributed by atoms with Crippen LogP contribution in [0.3, 0.4) is 0 Å². The molecule has 0 bridgehead atoms. The van der Waals surface area contributed by atoms with Crippen LogP contribution >= 0.6 is 0 Å². The number of hydrogen-bond donors (Lipinski definition) is 1. The summed E-state index contributed by atoms with van der Waals surface area (Å²) in [7, 11) is 0. The number of amides is 4. The van der Waals surface area contributed by atoms with Gasteiger partial charge in [-0.1, -0.05) is 19.8 Å². The first-order valence-corrected chi connectivity index (χ1v) is 9.09. The molecule has 0 aromatic rings. The summed E-state index contributed by atoms with van der Waals surface area (Å²) in [4.78, 5) is 51.5. The molecule has 1 spiro atoms. The molecule has 26 heavy (non-hydrogen) atoms. The van der Waals surface area contributed by atoms with Gasteiger partial charge in [0.1, 0.15) is 12.1 Å². The topological polar surface area (TPSA) is 105 Å². The van der Waals surface area contributed by atoms with Crippen molar-refractivity contribution < 1.29 is 28.7 Å². The van der Waals surface area contributed by atoms with Crippen molar-refractivity contribution in [2.75, 3.05) is 39.5 Å². The molecule has 1 N–H and O–H groups in total. The normalized spacial score (nSPS) is 29.0. The number of ether oxygens (including phenoxy) is 2. The Kier molecular flexibility index (Phi) is 5.45. The number of nitrogens with zero attached hydrogens (tertiary/aromatic N) is 2. The largest absolute Gasteiger partial charge is 0.454 e. The highest BCUT2D eigenvalue weighted by Gasteiger charge is 2.55. The number of carbonyl (C=O) groups excluding carboxylic acids is 4. The summed E-state index contributed by atoms with van der Waals surface area (Å²) in [6.07, 6.45) is 3.33. The van der Waals surface area contributed by atoms with Crippen LogP contribution in [0.4, 0.5) is 4.79 Å². The third-order valence-electron chi connectivity index (χ3n) is 5.51. The van der Waals surface area contributed by atoms with Crippen molar-refractivity contribution in [1.29, 1.82) is 0 Å². The summed E-state index contributed by atoms with van der Waals surface area (Å²) >= 11 is 0. The highest BCUT2D eigenvalue weighted by Crippen LogP contribution is 2.38. The van der Waals surface area contributed by atoms with E-state index in [9.17, 15) is 19.2 Å². The number of carbonyl (C=O) groups is 4. The van der Waals surface area contributed by atoms with E-state index < -0.39 is 30.7 Å². The van der Waals surface area contributed by atoms with Gasteiger partial charge in [-0.05, 0) is 18.8 Å². The zero-order valence-corrected chi connectivity index (χ0v) is 15.0. The lowest BCUT2D eigenvalue weighted by Gasteiger charge is -2.36. The SMILES string of the molecule is C[C@H]1CCCC[C@]12NC(=O)N(CC(=O)OCC(=O)N1CCOCC1)C2=O. The molecule has 1 aliphatic carbocycles. The molecule has 144 valence electrons. The second kappa shape index (κ2) is 7.61. The third-order valence-corrected chi connectivity index (χ3v) is 5.51. The van der Waals surface area contributed by atoms with Crippen LogP contribution in [0.15, 0.2) is 0 Å². The average molecular weight is 367 g/mol. The van der Waals surface area contributed by atoms with Crippen LogP contribution in [0.2, 0.25) is 0 Å². The molecule has 4 amide bonds. The Bertz CT molecular complexity index is 603. The van der Waals surface area contributed by atoms with E-state index in [-0.39, 0.29) is 17.7 Å². The van der Waals surface area contributed by atoms with Crippen LogP contribution in [0.1, 0.15) is 32.6 Å². The standard InChI is InChI=1S/C17H25N3O6/c1-12-4-2-3-5-17(12)15(23)20(16(24)18-17)10-14(22)26-11-13(21)19-6-8-25-9-7-19/h12H,2-11H2,1H3,(H,18,24)/t12-,17-/m0/s1. The molecule has 0 unspecified atom stereocenters. The fraction of sp³-hybridized carbons (Fsp3) is 0.765. The maximum atomic E-state index is 12.8. The summed E-state index contributed by atoms with van der Waals surface area (Å²) < 4.78 is 10.1. The van der Waals surface area contributed by atoms with Crippen molar-refractivity contribution >= 4 is 23.8 Å². The molecule has 3 fully saturated rings. The van der Waals surface area contributed by atoms with E-state index >= 15 is 0 Å². The summed E-state index contributed by atoms with van der Waals surface area (Å²) in [5.41, 5.74) is -0.904. The Hall–Kier alpha value is -2.16. The molecule has 3 rings (SSSR count). The number of hydrogen-bond acceptors (Lipinski definition) is 6. The lowest BCUT2D eigenvalue weighted by molar-refractivity contribution is -0.155. The van der Waals surface area contributed by atoms with Gasteiger partial charge >= 0.3 is 12.0 Å². The maximum absolute atomic E-state index is 12.8. The molecule has 9 nitrogen and oxygen atoms in total. The highest BCUT2D eigenvalue weighted by molar-refractivity contribution is 6.09. The lowest BCUT2D eigenvalue weighted by atomic mass is 9.73. The maximum Gasteiger partial charge on any atom is 0.326 e. The fourth-order valence-electron chi connectivity index (χ4n) is 3.86. The van der Waals surface area contributed by atoms with E-state index in [4.69, 9.17) is 9.47 Å². The minimum atomic E-state index is -0.904. The second-order valence-corrected chi connectivity index (χ2v) is 7.09. The molecule has 0 radical (unpaired) electrons. The Balaban J connectivity index is 1.53. The van der Waals surface area contributed by atoms with Crippen LogP contribution in [0.5, 0.6) is 0 Å². The van der Waals surface area contributed by atoms with E-state index in [0.29, 0.717) is 32.7 Å². The van der Waals surface area contributed by atoms with E-state index in [1.807, 2.05) is 6.92 Å². The molecule has 0 aromatic carbocycles. The van der Waals surface area contributed by atoms with Gasteiger partial charge in [-0.2, -0.15) is 0 Å². The number of rotatable bonds is 4. The van der Waals surface area contributed by atoms with E-state index in [2.05, 4.69) is 5.32 Å². The zero-order valence-electron chi connectivity index (χ0n) is 15.0. The van der Waals surface area contributed by atoms with Crippen molar-refractivity contribution in [3.05, 3.63) is 0 Å². The van der Waals surface area contributed by atoms with Gasteiger partial charge in [0.05, 0.1) is 13.2 Å². The summed E-state index contributed by atoms with van der Waals surface area (Å²) in [6.45, 7) is 2.91. The van der Waals surface area contributed by atoms with E-state index in [0.717, 1.165) is 24.2 Å². The molecule has 2 atom stereocenters. The van der Waals surface area contributed by atoms with Gasteiger partial charge in [-0.15, -0.1) is 0 Å². The quantitative estimate of drug-likeness (QED) is 0.549. The smallest absolute Gasteiger partial charge is 0.326 e. The zero-order chi connectivity index (χ0) is 18.7. The van der Waals surface area contributed by atoms with Gasteiger partial charge in [-0.25, -0.2) is 4.79 Å². The molecule has 0 aromatic heterocycles. The summed E-state index contributed by atoms with van der Waals surface area (Å²) in [5.74, 6) is -1.42. The minimum absolute atomic E-state index is 0.0246. The molecule has 2 saturated heterocycles. The molecular formula is C17H25N3O6. The van der Waals surface area contributed by atoms with Gasteiger partial charge < -0.3 is 19.7 Å². The number of esters is 1. The van der Waals surface area contributed by atoms with Crippen molar-refractivity contribution in [1.82, 2.24) is 15.1 Å². The summed E-state index contributed by atoms with van der Waals surface area (Å²) in [5, 5.41) is 2.78. The molecular weight excluding hydrogens is 342 g/mol. The monoisotopic (exact) mass is 367 g/mol. The number of imide groups is 1. The first-order chi connectivity index (χ1) is 12.4. The van der Waals surface area contributed by atoms with Gasteiger partial charge in [0.25, 0.3) is 11.8 Å². The third kappa shape index (κ3) is 3.53. The van der Waals surface area contributed by atoms with Crippen LogP contribution in [0, 0.1) is 5.92 Å². The van der Waals surface area contributed by atoms with Gasteiger partial charge in [-0.3, -0.25) is 19.3 Å². The van der Waals surface area contributed by atoms with E-state index in [1.54, 1.807) is 4.90 Å². The lowest BCUT2D eigenvalue weighted by Crippen LogP contribution is -2.54. The van der Waals surface area contributed by atoms with Crippen LogP contribution in [0.25, 0.3) is 0 Å². The average Bonchev–Trinajstić information content (AvgIpc) is 2.88. The highest BCUT2D eigenvalue weighted by atomic mass is 16.5. The number of nitrogens with one attached hydrogen (secondary N) is 1. The van der Waals surface area contributed by atoms with Crippen LogP contribution in [-0.4, -0.2) is 78.6 Å². The molecule has 2 heterocycles. The Labute approximate surface area is 152 Å². The predicted molar refractivity (Wildman–Crippen MR) is 89.0 cm³/mol. The van der Waals surface area contributed by atoms with Gasteiger partial charge in [0.2, 0.25) is 0 Å². The minimum Gasteiger partial charge on any atom is -0.454 e. The van der Waals surface area contributed by atoms with Crippen molar-refractivity contribution in [3.63, 3.8) is 0 Å². The molecule has 2 aliphatic heterocycles. The fourth-order valence-corrected chi connectivity index (χ4v) is 3.86. The van der Waals surface area contributed by atoms with Crippen molar-refractivity contribution in [3.8, 4) is 0 Å². The van der Waals surface area contributed by atoms with Crippen molar-refractivity contribution in [2.24, 2.45) is 5.92 Å². The second-order valence-electron chi connectivity index (χ2n) is 7.09. The molecule has 1 saturated carbocycles. The Morgan fingerprint density at radius 2 is 2.00 bits per heavy atom. The van der Waals surface area contributed by atoms with Crippen LogP contribution < -0.4 is 5.32 Å². The van der Waals surface area contributed by atoms with Gasteiger partial charge in [0.15, 0.2) is 6.61 Å².